The highest BCUT2D eigenvalue weighted by Gasteiger charge is 2.20. The van der Waals surface area contributed by atoms with Gasteiger partial charge in [-0.1, -0.05) is 74.5 Å². The summed E-state index contributed by atoms with van der Waals surface area (Å²) in [6.45, 7) is 10.5. The van der Waals surface area contributed by atoms with E-state index in [1.807, 2.05) is 13.8 Å². The van der Waals surface area contributed by atoms with Gasteiger partial charge in [-0.3, -0.25) is 9.59 Å². The van der Waals surface area contributed by atoms with E-state index in [2.05, 4.69) is 81.1 Å². The molecule has 0 radical (unpaired) electrons. The summed E-state index contributed by atoms with van der Waals surface area (Å²) in [7, 11) is 0. The summed E-state index contributed by atoms with van der Waals surface area (Å²) in [6, 6.07) is 22.1. The van der Waals surface area contributed by atoms with Gasteiger partial charge in [-0.05, 0) is 49.7 Å². The summed E-state index contributed by atoms with van der Waals surface area (Å²) in [5.74, 6) is -3.28. The standard InChI is InChI=1S/2C16H24N2O.C2H2O4/c2*1-2-16(19)17-15-9-12-18(13-10-15)11-8-14-6-4-3-5-7-14;3-1(4)2(5)6/h2*3-7,15H,2,8-13H2,1H3,(H,17,19);(H,3,4)(H,5,6). The Morgan fingerprint density at radius 1 is 0.614 bits per heavy atom. The molecule has 4 rings (SSSR count). The Bertz CT molecular complexity index is 1030. The summed E-state index contributed by atoms with van der Waals surface area (Å²) in [6.07, 6.45) is 7.75. The molecule has 0 spiro atoms. The van der Waals surface area contributed by atoms with Gasteiger partial charge < -0.3 is 30.6 Å². The number of rotatable bonds is 10. The minimum atomic E-state index is -1.82. The van der Waals surface area contributed by atoms with Gasteiger partial charge in [0, 0.05) is 64.2 Å². The number of amides is 2. The quantitative estimate of drug-likeness (QED) is 0.300. The third-order valence-corrected chi connectivity index (χ3v) is 7.85. The molecule has 242 valence electrons. The third kappa shape index (κ3) is 15.6. The van der Waals surface area contributed by atoms with Crippen molar-refractivity contribution in [3.05, 3.63) is 71.8 Å². The maximum absolute atomic E-state index is 11.3. The number of carboxylic acids is 2. The van der Waals surface area contributed by atoms with Gasteiger partial charge in [0.05, 0.1) is 0 Å². The van der Waals surface area contributed by atoms with Crippen LogP contribution in [0.5, 0.6) is 0 Å². The molecule has 2 fully saturated rings. The van der Waals surface area contributed by atoms with E-state index in [0.29, 0.717) is 24.9 Å². The first-order valence-corrected chi connectivity index (χ1v) is 15.8. The number of carbonyl (C=O) groups excluding carboxylic acids is 2. The second-order valence-electron chi connectivity index (χ2n) is 11.2. The zero-order chi connectivity index (χ0) is 32.2. The summed E-state index contributed by atoms with van der Waals surface area (Å²) >= 11 is 0. The molecule has 10 nitrogen and oxygen atoms in total. The number of likely N-dealkylation sites (tertiary alicyclic amines) is 2. The van der Waals surface area contributed by atoms with Crippen molar-refractivity contribution in [2.75, 3.05) is 39.3 Å². The average Bonchev–Trinajstić information content (AvgIpc) is 3.05. The lowest BCUT2D eigenvalue weighted by atomic mass is 10.0. The summed E-state index contributed by atoms with van der Waals surface area (Å²) in [4.78, 5) is 45.9. The van der Waals surface area contributed by atoms with E-state index in [9.17, 15) is 9.59 Å². The van der Waals surface area contributed by atoms with E-state index in [0.717, 1.165) is 77.8 Å². The Hall–Kier alpha value is -3.76. The van der Waals surface area contributed by atoms with Crippen LogP contribution in [0.1, 0.15) is 63.5 Å². The molecule has 0 unspecified atom stereocenters. The summed E-state index contributed by atoms with van der Waals surface area (Å²) in [5.41, 5.74) is 2.81. The monoisotopic (exact) mass is 610 g/mol. The van der Waals surface area contributed by atoms with E-state index < -0.39 is 11.9 Å². The molecule has 0 aliphatic carbocycles. The SMILES string of the molecule is CCC(=O)NC1CCN(CCc2ccccc2)CC1.CCC(=O)NC1CCN(CCc2ccccc2)CC1.O=C(O)C(=O)O. The Kier molecular flexibility index (Phi) is 17.4. The zero-order valence-electron chi connectivity index (χ0n) is 26.2. The minimum Gasteiger partial charge on any atom is -0.473 e. The van der Waals surface area contributed by atoms with Gasteiger partial charge in [-0.15, -0.1) is 0 Å². The molecule has 2 aliphatic rings. The molecule has 2 saturated heterocycles. The van der Waals surface area contributed by atoms with Gasteiger partial charge in [0.2, 0.25) is 11.8 Å². The van der Waals surface area contributed by atoms with Gasteiger partial charge in [0.25, 0.3) is 0 Å². The molecule has 2 amide bonds. The molecule has 2 aliphatic heterocycles. The number of carboxylic acid groups (broad SMARTS) is 2. The molecule has 44 heavy (non-hydrogen) atoms. The van der Waals surface area contributed by atoms with E-state index in [-0.39, 0.29) is 11.8 Å². The normalized spacial score (nSPS) is 16.0. The topological polar surface area (TPSA) is 139 Å². The van der Waals surface area contributed by atoms with E-state index in [1.165, 1.54) is 11.1 Å². The van der Waals surface area contributed by atoms with E-state index in [4.69, 9.17) is 19.8 Å². The average molecular weight is 611 g/mol. The van der Waals surface area contributed by atoms with Crippen molar-refractivity contribution in [1.82, 2.24) is 20.4 Å². The Morgan fingerprint density at radius 2 is 0.932 bits per heavy atom. The second-order valence-corrected chi connectivity index (χ2v) is 11.2. The fourth-order valence-electron chi connectivity index (χ4n) is 5.13. The first-order valence-electron chi connectivity index (χ1n) is 15.8. The Balaban J connectivity index is 0.000000260. The number of hydrogen-bond donors (Lipinski definition) is 4. The fraction of sp³-hybridized carbons (Fsp3) is 0.529. The van der Waals surface area contributed by atoms with E-state index >= 15 is 0 Å². The largest absolute Gasteiger partial charge is 0.473 e. The van der Waals surface area contributed by atoms with Crippen molar-refractivity contribution in [3.8, 4) is 0 Å². The zero-order valence-corrected chi connectivity index (χ0v) is 26.2. The van der Waals surface area contributed by atoms with Crippen LogP contribution >= 0.6 is 0 Å². The number of piperidine rings is 2. The highest BCUT2D eigenvalue weighted by molar-refractivity contribution is 6.27. The van der Waals surface area contributed by atoms with Gasteiger partial charge >= 0.3 is 11.9 Å². The highest BCUT2D eigenvalue weighted by Crippen LogP contribution is 2.13. The van der Waals surface area contributed by atoms with Crippen molar-refractivity contribution in [2.24, 2.45) is 0 Å². The molecule has 0 aromatic heterocycles. The molecule has 0 saturated carbocycles. The van der Waals surface area contributed by atoms with Crippen molar-refractivity contribution < 1.29 is 29.4 Å². The Labute approximate surface area is 261 Å². The van der Waals surface area contributed by atoms with Crippen molar-refractivity contribution >= 4 is 23.8 Å². The van der Waals surface area contributed by atoms with Gasteiger partial charge in [0.1, 0.15) is 0 Å². The van der Waals surface area contributed by atoms with Crippen LogP contribution in [0.2, 0.25) is 0 Å². The summed E-state index contributed by atoms with van der Waals surface area (Å²) < 4.78 is 0. The Morgan fingerprint density at radius 3 is 1.20 bits per heavy atom. The molecule has 4 N–H and O–H groups in total. The number of hydrogen-bond acceptors (Lipinski definition) is 6. The van der Waals surface area contributed by atoms with Crippen LogP contribution in [0.15, 0.2) is 60.7 Å². The lowest BCUT2D eigenvalue weighted by Crippen LogP contribution is -2.44. The molecule has 0 bridgehead atoms. The fourth-order valence-corrected chi connectivity index (χ4v) is 5.13. The van der Waals surface area contributed by atoms with E-state index in [1.54, 1.807) is 0 Å². The number of aliphatic carboxylic acids is 2. The number of nitrogens with one attached hydrogen (secondary N) is 2. The van der Waals surface area contributed by atoms with Crippen molar-refractivity contribution in [1.29, 1.82) is 0 Å². The molecule has 2 aromatic carbocycles. The van der Waals surface area contributed by atoms with Crippen LogP contribution < -0.4 is 10.6 Å². The molecular formula is C34H50N4O6. The van der Waals surface area contributed by atoms with Gasteiger partial charge in [-0.2, -0.15) is 0 Å². The molecule has 10 heteroatoms. The van der Waals surface area contributed by atoms with Crippen LogP contribution in [0.3, 0.4) is 0 Å². The molecule has 2 aromatic rings. The highest BCUT2D eigenvalue weighted by atomic mass is 16.4. The van der Waals surface area contributed by atoms with Crippen LogP contribution in [-0.4, -0.2) is 95.1 Å². The predicted octanol–water partition coefficient (Wildman–Crippen LogP) is 3.60. The smallest absolute Gasteiger partial charge is 0.414 e. The van der Waals surface area contributed by atoms with Crippen molar-refractivity contribution in [2.45, 2.75) is 77.3 Å². The lowest BCUT2D eigenvalue weighted by molar-refractivity contribution is -0.159. The number of nitrogens with zero attached hydrogens (tertiary/aromatic N) is 2. The van der Waals surface area contributed by atoms with Gasteiger partial charge in [0.15, 0.2) is 0 Å². The van der Waals surface area contributed by atoms with Crippen molar-refractivity contribution in [3.63, 3.8) is 0 Å². The van der Waals surface area contributed by atoms with Crippen LogP contribution in [0, 0.1) is 0 Å². The molecule has 2 heterocycles. The number of carbonyl (C=O) groups is 4. The number of benzene rings is 2. The van der Waals surface area contributed by atoms with Crippen LogP contribution in [0.4, 0.5) is 0 Å². The first kappa shape index (κ1) is 36.4. The minimum absolute atomic E-state index is 0.183. The van der Waals surface area contributed by atoms with Gasteiger partial charge in [-0.25, -0.2) is 9.59 Å². The predicted molar refractivity (Wildman–Crippen MR) is 171 cm³/mol. The molecule has 0 atom stereocenters. The summed E-state index contributed by atoms with van der Waals surface area (Å²) in [5, 5.41) is 21.0. The maximum atomic E-state index is 11.3. The molecular weight excluding hydrogens is 560 g/mol. The maximum Gasteiger partial charge on any atom is 0.414 e. The first-order chi connectivity index (χ1) is 21.2. The second kappa shape index (κ2) is 21.0. The third-order valence-electron chi connectivity index (χ3n) is 7.85. The van der Waals surface area contributed by atoms with Crippen LogP contribution in [0.25, 0.3) is 0 Å². The lowest BCUT2D eigenvalue weighted by Gasteiger charge is -2.32. The van der Waals surface area contributed by atoms with Crippen LogP contribution in [-0.2, 0) is 32.0 Å².